The number of alkyl carbamates (subject to hydrolysis) is 1. The van der Waals surface area contributed by atoms with Gasteiger partial charge in [0.2, 0.25) is 0 Å². The molecule has 0 aliphatic carbocycles. The number of nitrogens with zero attached hydrogens (tertiary/aromatic N) is 3. The predicted molar refractivity (Wildman–Crippen MR) is 297 cm³/mol. The van der Waals surface area contributed by atoms with Crippen molar-refractivity contribution in [3.8, 4) is 0 Å². The zero-order chi connectivity index (χ0) is 59.1. The predicted octanol–water partition coefficient (Wildman–Crippen LogP) is 2.20. The summed E-state index contributed by atoms with van der Waals surface area (Å²) in [5, 5.41) is 6.01. The van der Waals surface area contributed by atoms with Gasteiger partial charge in [-0.1, -0.05) is 5.11 Å². The Morgan fingerprint density at radius 1 is 0.280 bits per heavy atom. The van der Waals surface area contributed by atoms with E-state index in [2.05, 4.69) is 15.3 Å². The van der Waals surface area contributed by atoms with Crippen molar-refractivity contribution < 1.29 is 118 Å². The van der Waals surface area contributed by atoms with Gasteiger partial charge in [0.05, 0.1) is 304 Å². The molecule has 0 aromatic carbocycles. The molecular weight excluding hydrogens is 1090 g/mol. The molecule has 29 nitrogen and oxygen atoms in total. The molecular formula is C53H106N4O25. The quantitative estimate of drug-likeness (QED) is 0.0395. The molecule has 0 aromatic rings. The molecule has 0 atom stereocenters. The van der Waals surface area contributed by atoms with Gasteiger partial charge in [0.15, 0.2) is 0 Å². The van der Waals surface area contributed by atoms with Crippen LogP contribution >= 0.6 is 0 Å². The first kappa shape index (κ1) is 79.7. The number of azide groups is 1. The SMILES string of the molecule is CC(C)(C)OC(=O)NCCOCCOCCOCCOCCOCCOCCOCCOCCOCCOCCOCCOCCOCCOCCOCCOCCOCCOCCOCCOCCOCCOCCOCCN=[N+]=[N-]. The summed E-state index contributed by atoms with van der Waals surface area (Å²) in [7, 11) is 0. The Morgan fingerprint density at radius 2 is 0.427 bits per heavy atom. The molecule has 0 rings (SSSR count). The Labute approximate surface area is 487 Å². The molecule has 0 aromatic heterocycles. The molecule has 0 bridgehead atoms. The first-order valence-electron chi connectivity index (χ1n) is 28.7. The van der Waals surface area contributed by atoms with Gasteiger partial charge in [-0.15, -0.1) is 0 Å². The van der Waals surface area contributed by atoms with Crippen LogP contribution in [0.2, 0.25) is 0 Å². The van der Waals surface area contributed by atoms with Crippen molar-refractivity contribution in [2.45, 2.75) is 26.4 Å². The number of carbonyl (C=O) groups excluding carboxylic acids is 1. The average molecular weight is 1200 g/mol. The van der Waals surface area contributed by atoms with Crippen LogP contribution in [0.1, 0.15) is 20.8 Å². The molecule has 0 unspecified atom stereocenters. The number of ether oxygens (including phenoxy) is 24. The number of amides is 1. The number of carbonyl (C=O) groups is 1. The van der Waals surface area contributed by atoms with Gasteiger partial charge in [0.1, 0.15) is 5.60 Å². The lowest BCUT2D eigenvalue weighted by atomic mass is 10.2. The van der Waals surface area contributed by atoms with Gasteiger partial charge in [-0.3, -0.25) is 0 Å². The van der Waals surface area contributed by atoms with Gasteiger partial charge in [-0.2, -0.15) is 0 Å². The molecule has 0 saturated heterocycles. The maximum atomic E-state index is 11.5. The van der Waals surface area contributed by atoms with Gasteiger partial charge >= 0.3 is 6.09 Å². The highest BCUT2D eigenvalue weighted by Crippen LogP contribution is 2.06. The van der Waals surface area contributed by atoms with E-state index in [0.717, 1.165) is 0 Å². The van der Waals surface area contributed by atoms with E-state index in [-0.39, 0.29) is 0 Å². The topological polar surface area (TPSA) is 299 Å². The van der Waals surface area contributed by atoms with Crippen LogP contribution in [0.15, 0.2) is 5.11 Å². The summed E-state index contributed by atoms with van der Waals surface area (Å²) in [4.78, 5) is 14.2. The minimum absolute atomic E-state index is 0.319. The summed E-state index contributed by atoms with van der Waals surface area (Å²) in [5.41, 5.74) is 7.65. The second kappa shape index (κ2) is 71.1. The molecule has 1 amide bonds. The number of hydrogen-bond acceptors (Lipinski definition) is 26. The van der Waals surface area contributed by atoms with Gasteiger partial charge in [0, 0.05) is 18.0 Å². The molecule has 0 heterocycles. The van der Waals surface area contributed by atoms with Crippen molar-refractivity contribution in [2.75, 3.05) is 317 Å². The zero-order valence-electron chi connectivity index (χ0n) is 50.0. The summed E-state index contributed by atoms with van der Waals surface area (Å²) in [5.74, 6) is 0. The molecule has 1 N–H and O–H groups in total. The molecule has 0 radical (unpaired) electrons. The van der Waals surface area contributed by atoms with Crippen molar-refractivity contribution in [1.82, 2.24) is 5.32 Å². The Bertz CT molecular complexity index is 1290. The fourth-order valence-electron chi connectivity index (χ4n) is 5.63. The van der Waals surface area contributed by atoms with Crippen LogP contribution in [0.3, 0.4) is 0 Å². The second-order valence-corrected chi connectivity index (χ2v) is 17.5. The van der Waals surface area contributed by atoms with Crippen molar-refractivity contribution in [2.24, 2.45) is 5.11 Å². The fourth-order valence-corrected chi connectivity index (χ4v) is 5.63. The standard InChI is InChI=1S/C53H106N4O25/c1-53(2,3)82-52(58)55-4-6-59-8-10-61-12-14-63-16-18-65-20-22-67-24-26-69-28-30-71-32-34-73-36-38-75-40-42-77-44-46-79-48-50-81-51-49-80-47-45-78-43-41-76-39-37-74-35-33-72-31-29-70-27-25-68-23-21-66-19-17-64-15-13-62-11-9-60-7-5-56-57-54/h4-51H2,1-3H3,(H,55,58). The Kier molecular flexibility index (Phi) is 69.1. The number of rotatable bonds is 72. The summed E-state index contributed by atoms with van der Waals surface area (Å²) >= 11 is 0. The Morgan fingerprint density at radius 3 is 0.573 bits per heavy atom. The third-order valence-electron chi connectivity index (χ3n) is 9.50. The zero-order valence-corrected chi connectivity index (χ0v) is 50.0. The van der Waals surface area contributed by atoms with Crippen molar-refractivity contribution in [3.63, 3.8) is 0 Å². The Balaban J connectivity index is 3.10. The maximum absolute atomic E-state index is 11.5. The maximum Gasteiger partial charge on any atom is 0.407 e. The molecule has 0 aliphatic heterocycles. The van der Waals surface area contributed by atoms with Crippen LogP contribution in [0, 0.1) is 0 Å². The minimum Gasteiger partial charge on any atom is -0.444 e. The van der Waals surface area contributed by atoms with E-state index in [1.807, 2.05) is 20.8 Å². The largest absolute Gasteiger partial charge is 0.444 e. The first-order chi connectivity index (χ1) is 40.5. The van der Waals surface area contributed by atoms with Crippen LogP contribution in [-0.2, 0) is 114 Å². The van der Waals surface area contributed by atoms with Crippen LogP contribution in [0.4, 0.5) is 4.79 Å². The van der Waals surface area contributed by atoms with Crippen molar-refractivity contribution in [1.29, 1.82) is 0 Å². The fraction of sp³-hybridized carbons (Fsp3) is 0.981. The summed E-state index contributed by atoms with van der Waals surface area (Å²) in [6, 6.07) is 0. The van der Waals surface area contributed by atoms with Gasteiger partial charge in [-0.05, 0) is 26.3 Å². The number of hydrogen-bond donors (Lipinski definition) is 1. The van der Waals surface area contributed by atoms with E-state index in [4.69, 9.17) is 119 Å². The highest BCUT2D eigenvalue weighted by atomic mass is 16.6. The first-order valence-corrected chi connectivity index (χ1v) is 28.7. The van der Waals surface area contributed by atoms with Crippen LogP contribution in [0.25, 0.3) is 10.4 Å². The van der Waals surface area contributed by atoms with E-state index in [0.29, 0.717) is 317 Å². The van der Waals surface area contributed by atoms with Gasteiger partial charge in [-0.25, -0.2) is 4.79 Å². The minimum atomic E-state index is -0.522. The van der Waals surface area contributed by atoms with Crippen LogP contribution in [-0.4, -0.2) is 329 Å². The van der Waals surface area contributed by atoms with Gasteiger partial charge in [0.25, 0.3) is 0 Å². The van der Waals surface area contributed by atoms with Crippen molar-refractivity contribution in [3.05, 3.63) is 10.4 Å². The molecule has 0 aliphatic rings. The van der Waals surface area contributed by atoms with E-state index in [9.17, 15) is 4.79 Å². The van der Waals surface area contributed by atoms with E-state index in [1.165, 1.54) is 0 Å². The summed E-state index contributed by atoms with van der Waals surface area (Å²) in [6.45, 7) is 27.9. The molecule has 0 fully saturated rings. The number of nitrogens with one attached hydrogen (secondary N) is 1. The lowest BCUT2D eigenvalue weighted by Crippen LogP contribution is -2.34. The third-order valence-corrected chi connectivity index (χ3v) is 9.50. The van der Waals surface area contributed by atoms with Crippen LogP contribution in [0.5, 0.6) is 0 Å². The monoisotopic (exact) mass is 1200 g/mol. The average Bonchev–Trinajstić information content (AvgIpc) is 3.46. The normalized spacial score (nSPS) is 11.7. The van der Waals surface area contributed by atoms with E-state index in [1.54, 1.807) is 0 Å². The summed E-state index contributed by atoms with van der Waals surface area (Å²) in [6.07, 6.45) is -0.459. The third kappa shape index (κ3) is 75.7. The molecule has 0 spiro atoms. The second-order valence-electron chi connectivity index (χ2n) is 17.5. The highest BCUT2D eigenvalue weighted by Gasteiger charge is 2.15. The lowest BCUT2D eigenvalue weighted by molar-refractivity contribution is -0.0318. The Hall–Kier alpha value is -2.34. The molecule has 82 heavy (non-hydrogen) atoms. The molecule has 488 valence electrons. The lowest BCUT2D eigenvalue weighted by Gasteiger charge is -2.19. The van der Waals surface area contributed by atoms with E-state index < -0.39 is 11.7 Å². The van der Waals surface area contributed by atoms with Gasteiger partial charge < -0.3 is 119 Å². The van der Waals surface area contributed by atoms with E-state index >= 15 is 0 Å². The van der Waals surface area contributed by atoms with Crippen LogP contribution < -0.4 is 5.32 Å². The molecule has 29 heteroatoms. The highest BCUT2D eigenvalue weighted by molar-refractivity contribution is 5.67. The molecule has 0 saturated carbocycles. The smallest absolute Gasteiger partial charge is 0.407 e. The summed E-state index contributed by atoms with van der Waals surface area (Å²) < 4.78 is 131. The van der Waals surface area contributed by atoms with Crippen molar-refractivity contribution >= 4 is 6.09 Å².